The molecule has 1 N–H and O–H groups in total. The molecular formula is C34H43N3O6S. The van der Waals surface area contributed by atoms with Gasteiger partial charge in [-0.25, -0.2) is 8.42 Å². The van der Waals surface area contributed by atoms with Crippen LogP contribution in [0.2, 0.25) is 0 Å². The van der Waals surface area contributed by atoms with Crippen LogP contribution < -0.4 is 19.1 Å². The van der Waals surface area contributed by atoms with Crippen LogP contribution in [0.3, 0.4) is 0 Å². The summed E-state index contributed by atoms with van der Waals surface area (Å²) >= 11 is 0. The molecular weight excluding hydrogens is 578 g/mol. The van der Waals surface area contributed by atoms with Gasteiger partial charge in [0.05, 0.1) is 24.8 Å². The van der Waals surface area contributed by atoms with Crippen LogP contribution in [0.25, 0.3) is 0 Å². The molecule has 1 aliphatic rings. The first-order valence-electron chi connectivity index (χ1n) is 15.1. The number of sulfonamides is 1. The standard InChI is InChI=1S/C34H43N3O6S/c1-5-30(34(39)35-27-15-8-6-9-16-27)36(23-26-14-12-13-25(2)21-26)33(38)24-37(44(40,41)29-17-10-7-11-18-29)31-22-28(42-3)19-20-32(31)43-4/h7,10-14,17-22,27,30H,5-6,8-9,15-16,23-24H2,1-4H3,(H,35,39)/t30-/m0/s1. The van der Waals surface area contributed by atoms with Gasteiger partial charge in [0.25, 0.3) is 10.0 Å². The highest BCUT2D eigenvalue weighted by Crippen LogP contribution is 2.36. The Morgan fingerprint density at radius 2 is 1.66 bits per heavy atom. The molecule has 2 amide bonds. The number of hydrogen-bond donors (Lipinski definition) is 1. The molecule has 0 heterocycles. The molecule has 0 saturated heterocycles. The van der Waals surface area contributed by atoms with Crippen molar-refractivity contribution in [1.29, 1.82) is 0 Å². The highest BCUT2D eigenvalue weighted by molar-refractivity contribution is 7.92. The van der Waals surface area contributed by atoms with E-state index in [4.69, 9.17) is 9.47 Å². The zero-order valence-corrected chi connectivity index (χ0v) is 26.8. The van der Waals surface area contributed by atoms with Gasteiger partial charge in [-0.2, -0.15) is 0 Å². The van der Waals surface area contributed by atoms with Gasteiger partial charge < -0.3 is 19.7 Å². The van der Waals surface area contributed by atoms with E-state index in [-0.39, 0.29) is 34.8 Å². The molecule has 236 valence electrons. The van der Waals surface area contributed by atoms with Crippen LogP contribution in [-0.4, -0.2) is 58.0 Å². The number of rotatable bonds is 13. The second kappa shape index (κ2) is 15.1. The average Bonchev–Trinajstić information content (AvgIpc) is 3.04. The van der Waals surface area contributed by atoms with E-state index in [1.54, 1.807) is 30.3 Å². The Kier molecular flexibility index (Phi) is 11.3. The normalized spacial score (nSPS) is 14.4. The molecule has 9 nitrogen and oxygen atoms in total. The molecule has 1 fully saturated rings. The fraction of sp³-hybridized carbons (Fsp3) is 0.412. The van der Waals surface area contributed by atoms with Crippen molar-refractivity contribution in [1.82, 2.24) is 10.2 Å². The predicted molar refractivity (Wildman–Crippen MR) is 171 cm³/mol. The van der Waals surface area contributed by atoms with Gasteiger partial charge in [0.2, 0.25) is 11.8 Å². The van der Waals surface area contributed by atoms with E-state index in [0.29, 0.717) is 12.2 Å². The molecule has 10 heteroatoms. The van der Waals surface area contributed by atoms with E-state index < -0.39 is 28.5 Å². The van der Waals surface area contributed by atoms with Crippen molar-refractivity contribution >= 4 is 27.5 Å². The number of benzene rings is 3. The molecule has 3 aromatic carbocycles. The van der Waals surface area contributed by atoms with Gasteiger partial charge in [-0.3, -0.25) is 13.9 Å². The lowest BCUT2D eigenvalue weighted by atomic mass is 9.95. The van der Waals surface area contributed by atoms with Crippen molar-refractivity contribution in [2.24, 2.45) is 0 Å². The number of aryl methyl sites for hydroxylation is 1. The Labute approximate surface area is 261 Å². The minimum absolute atomic E-state index is 0.0185. The van der Waals surface area contributed by atoms with Crippen molar-refractivity contribution in [3.05, 3.63) is 83.9 Å². The summed E-state index contributed by atoms with van der Waals surface area (Å²) in [6.45, 7) is 3.42. The number of carbonyl (C=O) groups is 2. The SMILES string of the molecule is CC[C@@H](C(=O)NC1CCCCC1)N(Cc1cccc(C)c1)C(=O)CN(c1cc(OC)ccc1OC)S(=O)(=O)c1ccccc1. The van der Waals surface area contributed by atoms with Crippen LogP contribution in [0, 0.1) is 6.92 Å². The molecule has 3 aromatic rings. The Morgan fingerprint density at radius 3 is 2.30 bits per heavy atom. The molecule has 0 aliphatic heterocycles. The minimum atomic E-state index is -4.25. The van der Waals surface area contributed by atoms with Crippen molar-refractivity contribution in [2.45, 2.75) is 75.9 Å². The highest BCUT2D eigenvalue weighted by Gasteiger charge is 2.35. The molecule has 1 aliphatic carbocycles. The Hall–Kier alpha value is -4.05. The van der Waals surface area contributed by atoms with E-state index in [1.165, 1.54) is 37.3 Å². The van der Waals surface area contributed by atoms with Gasteiger partial charge >= 0.3 is 0 Å². The molecule has 44 heavy (non-hydrogen) atoms. The second-order valence-corrected chi connectivity index (χ2v) is 13.0. The second-order valence-electron chi connectivity index (χ2n) is 11.1. The van der Waals surface area contributed by atoms with E-state index in [2.05, 4.69) is 5.32 Å². The number of hydrogen-bond acceptors (Lipinski definition) is 6. The van der Waals surface area contributed by atoms with Gasteiger partial charge in [-0.1, -0.05) is 74.2 Å². The monoisotopic (exact) mass is 621 g/mol. The maximum absolute atomic E-state index is 14.4. The van der Waals surface area contributed by atoms with Crippen molar-refractivity contribution in [2.75, 3.05) is 25.1 Å². The van der Waals surface area contributed by atoms with Gasteiger partial charge in [0.1, 0.15) is 24.1 Å². The Balaban J connectivity index is 1.76. The number of anilines is 1. The van der Waals surface area contributed by atoms with E-state index >= 15 is 0 Å². The summed E-state index contributed by atoms with van der Waals surface area (Å²) in [5.41, 5.74) is 2.02. The molecule has 1 atom stereocenters. The zero-order valence-electron chi connectivity index (χ0n) is 26.0. The summed E-state index contributed by atoms with van der Waals surface area (Å²) in [5, 5.41) is 3.18. The summed E-state index contributed by atoms with van der Waals surface area (Å²) in [6.07, 6.45) is 5.45. The minimum Gasteiger partial charge on any atom is -0.497 e. The first kappa shape index (κ1) is 32.9. The molecule has 0 aromatic heterocycles. The summed E-state index contributed by atoms with van der Waals surface area (Å²) < 4.78 is 40.3. The van der Waals surface area contributed by atoms with E-state index in [1.807, 2.05) is 38.1 Å². The lowest BCUT2D eigenvalue weighted by Gasteiger charge is -2.34. The molecule has 0 radical (unpaired) electrons. The smallest absolute Gasteiger partial charge is 0.264 e. The van der Waals surface area contributed by atoms with Crippen molar-refractivity contribution in [3.8, 4) is 11.5 Å². The third-order valence-corrected chi connectivity index (χ3v) is 9.81. The van der Waals surface area contributed by atoms with Crippen LogP contribution in [0.4, 0.5) is 5.69 Å². The Bertz CT molecular complexity index is 1520. The fourth-order valence-corrected chi connectivity index (χ4v) is 7.13. The number of amides is 2. The fourth-order valence-electron chi connectivity index (χ4n) is 5.70. The largest absolute Gasteiger partial charge is 0.497 e. The molecule has 4 rings (SSSR count). The maximum atomic E-state index is 14.4. The third-order valence-electron chi connectivity index (χ3n) is 8.04. The molecule has 1 saturated carbocycles. The topological polar surface area (TPSA) is 105 Å². The number of nitrogens with one attached hydrogen (secondary N) is 1. The predicted octanol–water partition coefficient (Wildman–Crippen LogP) is 5.46. The first-order valence-corrected chi connectivity index (χ1v) is 16.6. The number of carbonyl (C=O) groups excluding carboxylic acids is 2. The zero-order chi connectivity index (χ0) is 31.7. The molecule has 0 spiro atoms. The lowest BCUT2D eigenvalue weighted by molar-refractivity contribution is -0.140. The highest BCUT2D eigenvalue weighted by atomic mass is 32.2. The van der Waals surface area contributed by atoms with Crippen molar-refractivity contribution in [3.63, 3.8) is 0 Å². The molecule has 0 unspecified atom stereocenters. The van der Waals surface area contributed by atoms with Crippen LogP contribution in [0.5, 0.6) is 11.5 Å². The summed E-state index contributed by atoms with van der Waals surface area (Å²) in [4.78, 5) is 29.7. The Morgan fingerprint density at radius 1 is 0.932 bits per heavy atom. The number of ether oxygens (including phenoxy) is 2. The number of nitrogens with zero attached hydrogens (tertiary/aromatic N) is 2. The lowest BCUT2D eigenvalue weighted by Crippen LogP contribution is -2.54. The van der Waals surface area contributed by atoms with Crippen LogP contribution in [-0.2, 0) is 26.2 Å². The summed E-state index contributed by atoms with van der Waals surface area (Å²) in [5.74, 6) is -0.0831. The van der Waals surface area contributed by atoms with Crippen LogP contribution in [0.15, 0.2) is 77.7 Å². The molecule has 0 bridgehead atoms. The van der Waals surface area contributed by atoms with Crippen LogP contribution >= 0.6 is 0 Å². The van der Waals surface area contributed by atoms with Crippen LogP contribution in [0.1, 0.15) is 56.6 Å². The summed E-state index contributed by atoms with van der Waals surface area (Å²) in [6, 6.07) is 19.8. The van der Waals surface area contributed by atoms with Crippen molar-refractivity contribution < 1.29 is 27.5 Å². The number of methoxy groups -OCH3 is 2. The maximum Gasteiger partial charge on any atom is 0.264 e. The van der Waals surface area contributed by atoms with Gasteiger partial charge in [-0.05, 0) is 56.0 Å². The van der Waals surface area contributed by atoms with Gasteiger partial charge in [0.15, 0.2) is 0 Å². The van der Waals surface area contributed by atoms with E-state index in [0.717, 1.165) is 47.5 Å². The average molecular weight is 622 g/mol. The first-order chi connectivity index (χ1) is 21.2. The summed E-state index contributed by atoms with van der Waals surface area (Å²) in [7, 11) is -1.33. The van der Waals surface area contributed by atoms with Gasteiger partial charge in [0, 0.05) is 18.7 Å². The quantitative estimate of drug-likeness (QED) is 0.272. The third kappa shape index (κ3) is 7.91. The van der Waals surface area contributed by atoms with E-state index in [9.17, 15) is 18.0 Å². The van der Waals surface area contributed by atoms with Gasteiger partial charge in [-0.15, -0.1) is 0 Å².